The van der Waals surface area contributed by atoms with Gasteiger partial charge in [0.15, 0.2) is 5.78 Å². The first kappa shape index (κ1) is 21.0. The molecule has 0 amide bonds. The lowest BCUT2D eigenvalue weighted by molar-refractivity contribution is -0.161. The molecule has 5 aliphatic carbocycles. The van der Waals surface area contributed by atoms with Crippen LogP contribution >= 0.6 is 0 Å². The van der Waals surface area contributed by atoms with Crippen LogP contribution in [0.15, 0.2) is 11.8 Å². The number of hydrogen-bond acceptors (Lipinski definition) is 3. The maximum absolute atomic E-state index is 11.4. The number of fused-ring (bicyclic) bond motifs is 4. The van der Waals surface area contributed by atoms with Crippen molar-refractivity contribution in [3.05, 3.63) is 11.8 Å². The van der Waals surface area contributed by atoms with E-state index in [-0.39, 0.29) is 5.78 Å². The van der Waals surface area contributed by atoms with Gasteiger partial charge in [0, 0.05) is 18.2 Å². The number of ketones is 1. The standard InChI is InChI=1S/C27H43NO2/c1-16(12-19(28)13-17(2)29)21-6-7-22-20-14-24(30-5)27-15-18(27)8-11-26(27,4)23(20)9-10-25(21,22)3/h13,16,18,20-24H,6-12,14-15,28H2,1-5H3/b19-13-/t16-,18-,20+,21-,22+,23+,24-,25-,26-,27+/m1/s1. The van der Waals surface area contributed by atoms with Gasteiger partial charge in [-0.25, -0.2) is 0 Å². The van der Waals surface area contributed by atoms with E-state index in [2.05, 4.69) is 20.8 Å². The van der Waals surface area contributed by atoms with Crippen molar-refractivity contribution in [1.82, 2.24) is 0 Å². The van der Waals surface area contributed by atoms with Gasteiger partial charge < -0.3 is 10.5 Å². The lowest BCUT2D eigenvalue weighted by Crippen LogP contribution is -2.57. The van der Waals surface area contributed by atoms with Gasteiger partial charge in [-0.2, -0.15) is 0 Å². The van der Waals surface area contributed by atoms with Crippen LogP contribution < -0.4 is 5.73 Å². The van der Waals surface area contributed by atoms with Crippen molar-refractivity contribution in [2.45, 2.75) is 91.6 Å². The summed E-state index contributed by atoms with van der Waals surface area (Å²) in [6.07, 6.45) is 14.1. The lowest BCUT2D eigenvalue weighted by Gasteiger charge is -2.61. The average Bonchev–Trinajstić information content (AvgIpc) is 3.17. The Hall–Kier alpha value is -0.830. The van der Waals surface area contributed by atoms with Crippen LogP contribution in [0.25, 0.3) is 0 Å². The Balaban J connectivity index is 1.39. The van der Waals surface area contributed by atoms with Crippen LogP contribution in [0, 0.1) is 51.8 Å². The van der Waals surface area contributed by atoms with Gasteiger partial charge >= 0.3 is 0 Å². The van der Waals surface area contributed by atoms with Gasteiger partial charge in [0.1, 0.15) is 0 Å². The fraction of sp³-hybridized carbons (Fsp3) is 0.889. The van der Waals surface area contributed by atoms with E-state index in [0.717, 1.165) is 41.7 Å². The second kappa shape index (κ2) is 6.83. The largest absolute Gasteiger partial charge is 0.402 e. The first-order chi connectivity index (χ1) is 14.2. The Morgan fingerprint density at radius 1 is 1.17 bits per heavy atom. The van der Waals surface area contributed by atoms with Gasteiger partial charge in [0.05, 0.1) is 6.10 Å². The van der Waals surface area contributed by atoms with E-state index in [1.807, 2.05) is 7.11 Å². The van der Waals surface area contributed by atoms with Crippen LogP contribution in [-0.2, 0) is 9.53 Å². The highest BCUT2D eigenvalue weighted by atomic mass is 16.5. The third-order valence-corrected chi connectivity index (χ3v) is 11.5. The Kier molecular flexibility index (Phi) is 4.79. The molecular formula is C27H43NO2. The molecule has 2 N–H and O–H groups in total. The van der Waals surface area contributed by atoms with Crippen molar-refractivity contribution >= 4 is 5.78 Å². The van der Waals surface area contributed by atoms with E-state index in [0.29, 0.717) is 28.3 Å². The first-order valence-corrected chi connectivity index (χ1v) is 12.7. The van der Waals surface area contributed by atoms with Crippen LogP contribution in [0.1, 0.15) is 85.5 Å². The number of carbonyl (C=O) groups is 1. The van der Waals surface area contributed by atoms with Crippen molar-refractivity contribution in [3.8, 4) is 0 Å². The molecule has 0 aliphatic heterocycles. The molecule has 3 nitrogen and oxygen atoms in total. The van der Waals surface area contributed by atoms with E-state index >= 15 is 0 Å². The predicted octanol–water partition coefficient (Wildman–Crippen LogP) is 5.73. The molecule has 10 atom stereocenters. The van der Waals surface area contributed by atoms with E-state index in [1.54, 1.807) is 13.0 Å². The lowest BCUT2D eigenvalue weighted by atomic mass is 9.45. The van der Waals surface area contributed by atoms with Crippen molar-refractivity contribution in [2.24, 2.45) is 57.5 Å². The highest BCUT2D eigenvalue weighted by molar-refractivity contribution is 5.87. The molecule has 0 saturated heterocycles. The second-order valence-corrected chi connectivity index (χ2v) is 12.5. The zero-order valence-electron chi connectivity index (χ0n) is 19.9. The molecule has 0 aromatic heterocycles. The quantitative estimate of drug-likeness (QED) is 0.586. The second-order valence-electron chi connectivity index (χ2n) is 12.5. The molecule has 5 fully saturated rings. The maximum atomic E-state index is 11.4. The minimum Gasteiger partial charge on any atom is -0.402 e. The molecule has 0 heterocycles. The van der Waals surface area contributed by atoms with E-state index < -0.39 is 0 Å². The van der Waals surface area contributed by atoms with E-state index in [1.165, 1.54) is 51.4 Å². The molecule has 0 bridgehead atoms. The maximum Gasteiger partial charge on any atom is 0.154 e. The fourth-order valence-electron chi connectivity index (χ4n) is 10.4. The van der Waals surface area contributed by atoms with Gasteiger partial charge in [-0.1, -0.05) is 20.8 Å². The van der Waals surface area contributed by atoms with Gasteiger partial charge in [0.2, 0.25) is 0 Å². The molecule has 5 rings (SSSR count). The van der Waals surface area contributed by atoms with E-state index in [4.69, 9.17) is 10.5 Å². The Bertz CT molecular complexity index is 760. The molecule has 0 radical (unpaired) electrons. The molecule has 0 unspecified atom stereocenters. The summed E-state index contributed by atoms with van der Waals surface area (Å²) in [6, 6.07) is 0. The van der Waals surface area contributed by atoms with Crippen LogP contribution in [-0.4, -0.2) is 19.0 Å². The Morgan fingerprint density at radius 2 is 1.93 bits per heavy atom. The highest BCUT2D eigenvalue weighted by Gasteiger charge is 2.77. The van der Waals surface area contributed by atoms with Crippen LogP contribution in [0.4, 0.5) is 0 Å². The molecule has 3 heteroatoms. The van der Waals surface area contributed by atoms with Crippen LogP contribution in [0.2, 0.25) is 0 Å². The number of carbonyl (C=O) groups excluding carboxylic acids is 1. The van der Waals surface area contributed by atoms with Crippen LogP contribution in [0.5, 0.6) is 0 Å². The van der Waals surface area contributed by atoms with Crippen molar-refractivity contribution in [2.75, 3.05) is 7.11 Å². The van der Waals surface area contributed by atoms with Crippen molar-refractivity contribution in [1.29, 1.82) is 0 Å². The molecule has 0 aromatic rings. The molecule has 5 saturated carbocycles. The third-order valence-electron chi connectivity index (χ3n) is 11.5. The summed E-state index contributed by atoms with van der Waals surface area (Å²) < 4.78 is 6.25. The van der Waals surface area contributed by atoms with Gasteiger partial charge in [0.25, 0.3) is 0 Å². The van der Waals surface area contributed by atoms with Gasteiger partial charge in [-0.05, 0) is 117 Å². The summed E-state index contributed by atoms with van der Waals surface area (Å²) in [5, 5.41) is 0. The number of hydrogen-bond donors (Lipinski definition) is 1. The monoisotopic (exact) mass is 413 g/mol. The number of allylic oxidation sites excluding steroid dienone is 2. The number of rotatable bonds is 5. The number of ether oxygens (including phenoxy) is 1. The van der Waals surface area contributed by atoms with Gasteiger partial charge in [-0.3, -0.25) is 4.79 Å². The molecular weight excluding hydrogens is 370 g/mol. The highest BCUT2D eigenvalue weighted by Crippen LogP contribution is 2.82. The third kappa shape index (κ3) is 2.63. The van der Waals surface area contributed by atoms with E-state index in [9.17, 15) is 4.79 Å². The average molecular weight is 414 g/mol. The van der Waals surface area contributed by atoms with Gasteiger partial charge in [-0.15, -0.1) is 0 Å². The fourth-order valence-corrected chi connectivity index (χ4v) is 10.4. The molecule has 5 aliphatic rings. The zero-order chi connectivity index (χ0) is 21.5. The normalized spacial score (nSPS) is 52.8. The van der Waals surface area contributed by atoms with Crippen molar-refractivity contribution in [3.63, 3.8) is 0 Å². The number of nitrogens with two attached hydrogens (primary N) is 1. The van der Waals surface area contributed by atoms with Crippen LogP contribution in [0.3, 0.4) is 0 Å². The SMILES string of the molecule is CO[C@@H]1C[C@H]2[C@@H]3CC[C@H]([C@H](C)C/C(N)=C/C(C)=O)[C@@]3(C)CC[C@@H]2[C@@]2(C)CC[C@@H]3C[C@]312. The minimum atomic E-state index is 0.0700. The summed E-state index contributed by atoms with van der Waals surface area (Å²) >= 11 is 0. The first-order valence-electron chi connectivity index (χ1n) is 12.7. The summed E-state index contributed by atoms with van der Waals surface area (Å²) in [6.45, 7) is 9.25. The summed E-state index contributed by atoms with van der Waals surface area (Å²) in [5.41, 5.74) is 8.45. The molecule has 168 valence electrons. The number of methoxy groups -OCH3 is 1. The summed E-state index contributed by atoms with van der Waals surface area (Å²) in [4.78, 5) is 11.4. The smallest absolute Gasteiger partial charge is 0.154 e. The predicted molar refractivity (Wildman–Crippen MR) is 121 cm³/mol. The zero-order valence-corrected chi connectivity index (χ0v) is 19.9. The molecule has 0 aromatic carbocycles. The Morgan fingerprint density at radius 3 is 2.60 bits per heavy atom. The minimum absolute atomic E-state index is 0.0700. The molecule has 30 heavy (non-hydrogen) atoms. The van der Waals surface area contributed by atoms with Crippen molar-refractivity contribution < 1.29 is 9.53 Å². The molecule has 1 spiro atoms. The Labute approximate surface area is 183 Å². The summed E-state index contributed by atoms with van der Waals surface area (Å²) in [5.74, 6) is 4.89. The topological polar surface area (TPSA) is 52.3 Å². The summed E-state index contributed by atoms with van der Waals surface area (Å²) in [7, 11) is 1.99.